The summed E-state index contributed by atoms with van der Waals surface area (Å²) < 4.78 is 35.4. The Balaban J connectivity index is 3.24. The highest BCUT2D eigenvalue weighted by molar-refractivity contribution is 7.92. The number of halogens is 1. The number of hydrogen-bond donors (Lipinski definition) is 1. The number of sulfone groups is 1. The summed E-state index contributed by atoms with van der Waals surface area (Å²) in [5, 5.41) is 17.6. The molecule has 1 rings (SSSR count). The zero-order valence-corrected chi connectivity index (χ0v) is 11.2. The Morgan fingerprint density at radius 1 is 1.47 bits per heavy atom. The Labute approximate surface area is 110 Å². The lowest BCUT2D eigenvalue weighted by molar-refractivity contribution is -0.139. The van der Waals surface area contributed by atoms with Crippen LogP contribution in [0.4, 0.5) is 4.39 Å². The highest BCUT2D eigenvalue weighted by Gasteiger charge is 2.42. The second kappa shape index (κ2) is 4.97. The number of carboxylic acid groups (broad SMARTS) is 1. The lowest BCUT2D eigenvalue weighted by Gasteiger charge is -2.19. The van der Waals surface area contributed by atoms with Crippen LogP contribution in [0.3, 0.4) is 0 Å². The number of hydrogen-bond acceptors (Lipinski definition) is 4. The zero-order valence-electron chi connectivity index (χ0n) is 10.3. The molecule has 19 heavy (non-hydrogen) atoms. The summed E-state index contributed by atoms with van der Waals surface area (Å²) in [6, 6.07) is 5.07. The van der Waals surface area contributed by atoms with Gasteiger partial charge in [-0.25, -0.2) is 12.8 Å². The molecule has 0 heterocycles. The van der Waals surface area contributed by atoms with Gasteiger partial charge in [0, 0.05) is 5.56 Å². The van der Waals surface area contributed by atoms with Crippen LogP contribution in [0.1, 0.15) is 25.0 Å². The minimum absolute atomic E-state index is 0.111. The Kier molecular flexibility index (Phi) is 3.96. The first-order valence-electron chi connectivity index (χ1n) is 5.26. The van der Waals surface area contributed by atoms with Gasteiger partial charge in [-0.05, 0) is 32.0 Å². The first-order valence-corrected chi connectivity index (χ1v) is 6.91. The predicted octanol–water partition coefficient (Wildman–Crippen LogP) is 1.48. The third-order valence-electron chi connectivity index (χ3n) is 2.81. The minimum atomic E-state index is -4.11. The van der Waals surface area contributed by atoms with Gasteiger partial charge in [-0.3, -0.25) is 4.79 Å². The normalized spacial score (nSPS) is 11.9. The Morgan fingerprint density at radius 2 is 2.05 bits per heavy atom. The van der Waals surface area contributed by atoms with E-state index in [0.717, 1.165) is 26.0 Å². The van der Waals surface area contributed by atoms with Gasteiger partial charge in [-0.1, -0.05) is 0 Å². The molecule has 7 heteroatoms. The number of rotatable bonds is 4. The molecule has 1 aromatic rings. The number of benzene rings is 1. The molecule has 0 aromatic heterocycles. The molecule has 0 aliphatic rings. The molecule has 0 saturated carbocycles. The topological polar surface area (TPSA) is 95.2 Å². The summed E-state index contributed by atoms with van der Waals surface area (Å²) in [5.74, 6) is -3.07. The number of aliphatic carboxylic acids is 1. The van der Waals surface area contributed by atoms with E-state index in [1.165, 1.54) is 6.07 Å². The smallest absolute Gasteiger partial charge is 0.324 e. The summed E-state index contributed by atoms with van der Waals surface area (Å²) in [6.45, 7) is 2.08. The van der Waals surface area contributed by atoms with Crippen molar-refractivity contribution in [3.63, 3.8) is 0 Å². The Hall–Kier alpha value is -1.94. The molecule has 0 unspecified atom stereocenters. The van der Waals surface area contributed by atoms with Gasteiger partial charge in [0.05, 0.1) is 17.4 Å². The molecule has 0 spiro atoms. The van der Waals surface area contributed by atoms with Crippen LogP contribution in [-0.4, -0.2) is 24.2 Å². The van der Waals surface area contributed by atoms with Gasteiger partial charge in [0.15, 0.2) is 14.6 Å². The van der Waals surface area contributed by atoms with Gasteiger partial charge in [-0.15, -0.1) is 0 Å². The van der Waals surface area contributed by atoms with Gasteiger partial charge in [0.25, 0.3) is 0 Å². The van der Waals surface area contributed by atoms with Gasteiger partial charge in [0.2, 0.25) is 0 Å². The summed E-state index contributed by atoms with van der Waals surface area (Å²) in [7, 11) is -4.11. The van der Waals surface area contributed by atoms with Crippen molar-refractivity contribution in [1.29, 1.82) is 5.26 Å². The molecule has 0 atom stereocenters. The largest absolute Gasteiger partial charge is 0.480 e. The molecular formula is C12H12FNO4S. The fraction of sp³-hybridized carbons (Fsp3) is 0.333. The van der Waals surface area contributed by atoms with E-state index >= 15 is 0 Å². The standard InChI is InChI=1S/C12H12FNO4S/c1-12(2,11(15)16)19(17,18)7-9-5-8(6-14)3-4-10(9)13/h3-5H,7H2,1-2H3,(H,15,16). The van der Waals surface area contributed by atoms with E-state index in [1.54, 1.807) is 6.07 Å². The van der Waals surface area contributed by atoms with Crippen LogP contribution < -0.4 is 0 Å². The van der Waals surface area contributed by atoms with Crippen LogP contribution in [0.25, 0.3) is 0 Å². The average Bonchev–Trinajstić information content (AvgIpc) is 2.31. The van der Waals surface area contributed by atoms with Crippen molar-refractivity contribution in [2.24, 2.45) is 0 Å². The molecule has 102 valence electrons. The predicted molar refractivity (Wildman–Crippen MR) is 65.5 cm³/mol. The van der Waals surface area contributed by atoms with E-state index in [0.29, 0.717) is 0 Å². The highest BCUT2D eigenvalue weighted by atomic mass is 32.2. The molecular weight excluding hydrogens is 273 g/mol. The van der Waals surface area contributed by atoms with E-state index in [-0.39, 0.29) is 11.1 Å². The van der Waals surface area contributed by atoms with Crippen LogP contribution in [-0.2, 0) is 20.4 Å². The summed E-state index contributed by atoms with van der Waals surface area (Å²) in [4.78, 5) is 10.9. The third kappa shape index (κ3) is 2.90. The molecule has 0 aliphatic heterocycles. The summed E-state index contributed by atoms with van der Waals surface area (Å²) in [5.41, 5.74) is -0.104. The van der Waals surface area contributed by atoms with E-state index in [9.17, 15) is 17.6 Å². The van der Waals surface area contributed by atoms with Crippen molar-refractivity contribution < 1.29 is 22.7 Å². The first-order chi connectivity index (χ1) is 8.61. The van der Waals surface area contributed by atoms with E-state index in [1.807, 2.05) is 0 Å². The Morgan fingerprint density at radius 3 is 2.53 bits per heavy atom. The highest BCUT2D eigenvalue weighted by Crippen LogP contribution is 2.23. The fourth-order valence-electron chi connectivity index (χ4n) is 1.27. The SMILES string of the molecule is CC(C)(C(=O)O)S(=O)(=O)Cc1cc(C#N)ccc1F. The van der Waals surface area contributed by atoms with Crippen LogP contribution in [0, 0.1) is 17.1 Å². The fourth-order valence-corrected chi connectivity index (χ4v) is 2.53. The second-order valence-corrected chi connectivity index (χ2v) is 7.03. The van der Waals surface area contributed by atoms with Crippen LogP contribution >= 0.6 is 0 Å². The number of carboxylic acids is 1. The van der Waals surface area contributed by atoms with Crippen LogP contribution in [0.2, 0.25) is 0 Å². The van der Waals surface area contributed by atoms with Gasteiger partial charge in [0.1, 0.15) is 5.82 Å². The molecule has 1 aromatic carbocycles. The molecule has 0 aliphatic carbocycles. The van der Waals surface area contributed by atoms with Crippen molar-refractivity contribution in [3.05, 3.63) is 35.1 Å². The lowest BCUT2D eigenvalue weighted by Crippen LogP contribution is -2.41. The van der Waals surface area contributed by atoms with Gasteiger partial charge >= 0.3 is 5.97 Å². The lowest BCUT2D eigenvalue weighted by atomic mass is 10.1. The molecule has 1 N–H and O–H groups in total. The summed E-state index contributed by atoms with van der Waals surface area (Å²) >= 11 is 0. The molecule has 0 amide bonds. The van der Waals surface area contributed by atoms with E-state index in [2.05, 4.69) is 0 Å². The van der Waals surface area contributed by atoms with E-state index < -0.39 is 32.1 Å². The molecule has 5 nitrogen and oxygen atoms in total. The average molecular weight is 285 g/mol. The Bertz CT molecular complexity index is 659. The monoisotopic (exact) mass is 285 g/mol. The zero-order chi connectivity index (χ0) is 14.8. The quantitative estimate of drug-likeness (QED) is 0.904. The van der Waals surface area contributed by atoms with Gasteiger partial charge in [-0.2, -0.15) is 5.26 Å². The molecule has 0 bridgehead atoms. The maximum absolute atomic E-state index is 13.5. The maximum atomic E-state index is 13.5. The maximum Gasteiger partial charge on any atom is 0.324 e. The molecule has 0 fully saturated rings. The number of carbonyl (C=O) groups is 1. The van der Waals surface area contributed by atoms with Crippen molar-refractivity contribution in [2.75, 3.05) is 0 Å². The number of nitriles is 1. The van der Waals surface area contributed by atoms with Gasteiger partial charge < -0.3 is 5.11 Å². The van der Waals surface area contributed by atoms with Crippen molar-refractivity contribution in [1.82, 2.24) is 0 Å². The van der Waals surface area contributed by atoms with E-state index in [4.69, 9.17) is 10.4 Å². The van der Waals surface area contributed by atoms with Crippen molar-refractivity contribution >= 4 is 15.8 Å². The second-order valence-electron chi connectivity index (χ2n) is 4.49. The molecule has 0 saturated heterocycles. The third-order valence-corrected chi connectivity index (χ3v) is 5.23. The number of nitrogens with zero attached hydrogens (tertiary/aromatic N) is 1. The van der Waals surface area contributed by atoms with Crippen molar-refractivity contribution in [3.8, 4) is 6.07 Å². The van der Waals surface area contributed by atoms with Crippen LogP contribution in [0.15, 0.2) is 18.2 Å². The summed E-state index contributed by atoms with van der Waals surface area (Å²) in [6.07, 6.45) is 0. The first kappa shape index (κ1) is 15.1. The molecule has 0 radical (unpaired) electrons. The van der Waals surface area contributed by atoms with Crippen molar-refractivity contribution in [2.45, 2.75) is 24.3 Å². The van der Waals surface area contributed by atoms with Crippen LogP contribution in [0.5, 0.6) is 0 Å². The minimum Gasteiger partial charge on any atom is -0.480 e.